The van der Waals surface area contributed by atoms with Crippen molar-refractivity contribution < 1.29 is 13.5 Å². The van der Waals surface area contributed by atoms with Crippen LogP contribution >= 0.6 is 11.3 Å². The van der Waals surface area contributed by atoms with E-state index in [9.17, 15) is 8.42 Å². The minimum atomic E-state index is -3.68. The van der Waals surface area contributed by atoms with Crippen LogP contribution in [0.15, 0.2) is 16.6 Å². The third kappa shape index (κ3) is 2.10. The number of rotatable bonds is 6. The van der Waals surface area contributed by atoms with Crippen molar-refractivity contribution >= 4 is 32.1 Å². The topological polar surface area (TPSA) is 86.9 Å². The van der Waals surface area contributed by atoms with E-state index in [2.05, 4.69) is 10.3 Å². The summed E-state index contributed by atoms with van der Waals surface area (Å²) in [6.45, 7) is -0.0657. The van der Waals surface area contributed by atoms with Crippen molar-refractivity contribution in [3.05, 3.63) is 11.6 Å². The first-order valence-electron chi connectivity index (χ1n) is 6.35. The van der Waals surface area contributed by atoms with E-state index >= 15 is 0 Å². The van der Waals surface area contributed by atoms with Gasteiger partial charge in [0.15, 0.2) is 15.8 Å². The van der Waals surface area contributed by atoms with Crippen molar-refractivity contribution in [1.82, 2.24) is 13.7 Å². The molecule has 1 saturated carbocycles. The lowest BCUT2D eigenvalue weighted by Crippen LogP contribution is -2.36. The van der Waals surface area contributed by atoms with Gasteiger partial charge in [-0.2, -0.15) is 4.31 Å². The van der Waals surface area contributed by atoms with Gasteiger partial charge in [0.25, 0.3) is 10.0 Å². The van der Waals surface area contributed by atoms with Gasteiger partial charge in [-0.3, -0.25) is 4.40 Å². The Balaban J connectivity index is 2.13. The summed E-state index contributed by atoms with van der Waals surface area (Å²) in [6, 6.07) is 0.000965. The largest absolute Gasteiger partial charge is 0.395 e. The maximum atomic E-state index is 12.9. The van der Waals surface area contributed by atoms with Gasteiger partial charge in [0, 0.05) is 31.2 Å². The number of aromatic nitrogens is 2. The molecule has 0 spiro atoms. The highest BCUT2D eigenvalue weighted by Gasteiger charge is 2.40. The number of nitrogens with one attached hydrogen (secondary N) is 1. The summed E-state index contributed by atoms with van der Waals surface area (Å²) in [5, 5.41) is 13.9. The van der Waals surface area contributed by atoms with Crippen molar-refractivity contribution in [3.63, 3.8) is 0 Å². The lowest BCUT2D eigenvalue weighted by Gasteiger charge is -2.20. The van der Waals surface area contributed by atoms with E-state index in [1.54, 1.807) is 23.0 Å². The molecular weight excluding hydrogens is 300 g/mol. The molecule has 0 aromatic carbocycles. The van der Waals surface area contributed by atoms with Gasteiger partial charge in [-0.25, -0.2) is 13.4 Å². The summed E-state index contributed by atoms with van der Waals surface area (Å²) < 4.78 is 28.7. The minimum Gasteiger partial charge on any atom is -0.395 e. The number of fused-ring (bicyclic) bond motifs is 1. The molecule has 7 nitrogen and oxygen atoms in total. The van der Waals surface area contributed by atoms with Crippen LogP contribution in [0.4, 0.5) is 5.82 Å². The molecule has 0 atom stereocenters. The molecule has 0 bridgehead atoms. The zero-order valence-electron chi connectivity index (χ0n) is 11.0. The summed E-state index contributed by atoms with van der Waals surface area (Å²) in [6.07, 6.45) is 3.39. The number of thiazole rings is 1. The molecule has 2 aromatic heterocycles. The molecular formula is C11H16N4O3S2. The Bertz CT molecular complexity index is 717. The normalized spacial score (nSPS) is 16.1. The highest BCUT2D eigenvalue weighted by Crippen LogP contribution is 2.34. The molecule has 1 aliphatic rings. The van der Waals surface area contributed by atoms with Crippen LogP contribution in [0.25, 0.3) is 4.96 Å². The second-order valence-corrected chi connectivity index (χ2v) is 7.32. The van der Waals surface area contributed by atoms with E-state index in [0.717, 1.165) is 12.8 Å². The SMILES string of the molecule is CNc1nc2sccn2c1S(=O)(=O)N(CCO)C1CC1. The van der Waals surface area contributed by atoms with Gasteiger partial charge in [0.05, 0.1) is 6.61 Å². The van der Waals surface area contributed by atoms with E-state index < -0.39 is 10.0 Å². The minimum absolute atomic E-state index is 0.000965. The smallest absolute Gasteiger partial charge is 0.263 e. The third-order valence-electron chi connectivity index (χ3n) is 3.28. The average molecular weight is 316 g/mol. The molecule has 0 radical (unpaired) electrons. The Morgan fingerprint density at radius 3 is 2.95 bits per heavy atom. The van der Waals surface area contributed by atoms with Crippen LogP contribution in [-0.4, -0.2) is 53.5 Å². The van der Waals surface area contributed by atoms with Gasteiger partial charge in [-0.1, -0.05) is 0 Å². The van der Waals surface area contributed by atoms with Gasteiger partial charge < -0.3 is 10.4 Å². The maximum Gasteiger partial charge on any atom is 0.263 e. The maximum absolute atomic E-state index is 12.9. The number of anilines is 1. The first-order valence-corrected chi connectivity index (χ1v) is 8.67. The van der Waals surface area contributed by atoms with E-state index in [-0.39, 0.29) is 24.2 Å². The molecule has 1 aliphatic carbocycles. The number of aliphatic hydroxyl groups is 1. The second kappa shape index (κ2) is 4.99. The van der Waals surface area contributed by atoms with Crippen LogP contribution in [0, 0.1) is 0 Å². The average Bonchev–Trinajstić information content (AvgIpc) is 3.02. The predicted octanol–water partition coefficient (Wildman–Crippen LogP) is 0.583. The van der Waals surface area contributed by atoms with E-state index in [0.29, 0.717) is 10.8 Å². The summed E-state index contributed by atoms with van der Waals surface area (Å²) in [5.41, 5.74) is 0. The van der Waals surface area contributed by atoms with Crippen LogP contribution in [0.2, 0.25) is 0 Å². The first kappa shape index (κ1) is 13.8. The molecule has 2 heterocycles. The fourth-order valence-electron chi connectivity index (χ4n) is 2.25. The first-order chi connectivity index (χ1) is 9.59. The van der Waals surface area contributed by atoms with Crippen molar-refractivity contribution in [2.75, 3.05) is 25.5 Å². The fraction of sp³-hybridized carbons (Fsp3) is 0.545. The molecule has 0 unspecified atom stereocenters. The van der Waals surface area contributed by atoms with E-state index in [4.69, 9.17) is 5.11 Å². The van der Waals surface area contributed by atoms with Crippen molar-refractivity contribution in [2.45, 2.75) is 23.9 Å². The van der Waals surface area contributed by atoms with Crippen LogP contribution in [0.1, 0.15) is 12.8 Å². The van der Waals surface area contributed by atoms with Gasteiger partial charge in [-0.05, 0) is 12.8 Å². The number of nitrogens with zero attached hydrogens (tertiary/aromatic N) is 3. The molecule has 0 saturated heterocycles. The summed E-state index contributed by atoms with van der Waals surface area (Å²) in [7, 11) is -2.03. The molecule has 20 heavy (non-hydrogen) atoms. The Morgan fingerprint density at radius 1 is 1.60 bits per heavy atom. The van der Waals surface area contributed by atoms with E-state index in [1.165, 1.54) is 15.6 Å². The molecule has 2 aromatic rings. The molecule has 2 N–H and O–H groups in total. The number of aliphatic hydroxyl groups excluding tert-OH is 1. The van der Waals surface area contributed by atoms with Crippen LogP contribution < -0.4 is 5.32 Å². The Hall–Kier alpha value is -1.16. The van der Waals surface area contributed by atoms with Gasteiger partial charge in [0.1, 0.15) is 0 Å². The summed E-state index contributed by atoms with van der Waals surface area (Å²) >= 11 is 1.38. The molecule has 3 rings (SSSR count). The number of hydrogen-bond donors (Lipinski definition) is 2. The molecule has 1 fully saturated rings. The Labute approximate surface area is 120 Å². The lowest BCUT2D eigenvalue weighted by molar-refractivity contribution is 0.250. The summed E-state index contributed by atoms with van der Waals surface area (Å²) in [4.78, 5) is 4.91. The quantitative estimate of drug-likeness (QED) is 0.814. The highest BCUT2D eigenvalue weighted by molar-refractivity contribution is 7.89. The number of hydrogen-bond acceptors (Lipinski definition) is 6. The number of imidazole rings is 1. The Morgan fingerprint density at radius 2 is 2.35 bits per heavy atom. The third-order valence-corrected chi connectivity index (χ3v) is 6.02. The molecule has 9 heteroatoms. The van der Waals surface area contributed by atoms with Crippen LogP contribution in [0.5, 0.6) is 0 Å². The highest BCUT2D eigenvalue weighted by atomic mass is 32.2. The van der Waals surface area contributed by atoms with Gasteiger partial charge in [-0.15, -0.1) is 11.3 Å². The monoisotopic (exact) mass is 316 g/mol. The molecule has 0 aliphatic heterocycles. The van der Waals surface area contributed by atoms with Crippen LogP contribution in [0.3, 0.4) is 0 Å². The standard InChI is InChI=1S/C11H16N4O3S2/c1-12-9-10(14-5-7-19-11(14)13-9)20(17,18)15(4-6-16)8-2-3-8/h5,7-8,12,16H,2-4,6H2,1H3. The van der Waals surface area contributed by atoms with Crippen molar-refractivity contribution in [2.24, 2.45) is 0 Å². The fourth-order valence-corrected chi connectivity index (χ4v) is 4.95. The van der Waals surface area contributed by atoms with Crippen molar-refractivity contribution in [3.8, 4) is 0 Å². The zero-order valence-corrected chi connectivity index (χ0v) is 12.6. The molecule has 0 amide bonds. The van der Waals surface area contributed by atoms with E-state index in [1.807, 2.05) is 0 Å². The van der Waals surface area contributed by atoms with Gasteiger partial charge >= 0.3 is 0 Å². The zero-order chi connectivity index (χ0) is 14.3. The predicted molar refractivity (Wildman–Crippen MR) is 76.6 cm³/mol. The summed E-state index contributed by atoms with van der Waals surface area (Å²) in [5.74, 6) is 0.348. The second-order valence-electron chi connectivity index (χ2n) is 4.64. The number of sulfonamides is 1. The lowest BCUT2D eigenvalue weighted by atomic mass is 10.6. The van der Waals surface area contributed by atoms with Crippen LogP contribution in [-0.2, 0) is 10.0 Å². The molecule has 110 valence electrons. The van der Waals surface area contributed by atoms with Gasteiger partial charge in [0.2, 0.25) is 0 Å². The Kier molecular flexibility index (Phi) is 3.44. The van der Waals surface area contributed by atoms with Crippen molar-refractivity contribution in [1.29, 1.82) is 0 Å².